The Bertz CT molecular complexity index is 849. The molecular formula is C16H13ClN2O2S. The van der Waals surface area contributed by atoms with Crippen LogP contribution in [0.5, 0.6) is 0 Å². The predicted octanol–water partition coefficient (Wildman–Crippen LogP) is 3.29. The number of hydrogen-bond donors (Lipinski definition) is 1. The zero-order valence-corrected chi connectivity index (χ0v) is 13.2. The SMILES string of the molecule is [O-][S+](c1ccc2c3c(oc2c1)CNCC3)c1cccnc1Cl. The highest BCUT2D eigenvalue weighted by Crippen LogP contribution is 2.32. The quantitative estimate of drug-likeness (QED) is 0.578. The van der Waals surface area contributed by atoms with Gasteiger partial charge >= 0.3 is 0 Å². The van der Waals surface area contributed by atoms with Crippen LogP contribution in [0, 0.1) is 0 Å². The van der Waals surface area contributed by atoms with Gasteiger partial charge in [0, 0.05) is 34.4 Å². The molecule has 0 aliphatic carbocycles. The van der Waals surface area contributed by atoms with Crippen molar-refractivity contribution in [3.05, 3.63) is 53.0 Å². The summed E-state index contributed by atoms with van der Waals surface area (Å²) in [4.78, 5) is 5.17. The third-order valence-electron chi connectivity index (χ3n) is 3.82. The number of aromatic nitrogens is 1. The van der Waals surface area contributed by atoms with Crippen molar-refractivity contribution in [3.8, 4) is 0 Å². The standard InChI is InChI=1S/C16H13ClN2O2S/c17-16-15(2-1-6-19-16)22(20)10-3-4-11-12-5-7-18-9-14(12)21-13(11)8-10/h1-4,6,8,18H,5,7,9H2. The number of furan rings is 1. The van der Waals surface area contributed by atoms with E-state index in [1.165, 1.54) is 5.56 Å². The molecule has 0 spiro atoms. The van der Waals surface area contributed by atoms with E-state index in [1.54, 1.807) is 18.3 Å². The van der Waals surface area contributed by atoms with Gasteiger partial charge in [-0.2, -0.15) is 0 Å². The number of rotatable bonds is 2. The maximum atomic E-state index is 12.7. The topological polar surface area (TPSA) is 61.1 Å². The van der Waals surface area contributed by atoms with E-state index in [-0.39, 0.29) is 5.15 Å². The molecule has 6 heteroatoms. The molecule has 0 radical (unpaired) electrons. The summed E-state index contributed by atoms with van der Waals surface area (Å²) in [6.07, 6.45) is 2.54. The molecule has 1 aliphatic rings. The molecule has 4 rings (SSSR count). The summed E-state index contributed by atoms with van der Waals surface area (Å²) < 4.78 is 18.6. The molecule has 0 amide bonds. The summed E-state index contributed by atoms with van der Waals surface area (Å²) in [7, 11) is 0. The van der Waals surface area contributed by atoms with E-state index in [2.05, 4.69) is 10.3 Å². The fraction of sp³-hybridized carbons (Fsp3) is 0.188. The Labute approximate surface area is 135 Å². The zero-order chi connectivity index (χ0) is 15.1. The molecule has 3 aromatic rings. The first-order chi connectivity index (χ1) is 10.7. The molecule has 1 aromatic carbocycles. The monoisotopic (exact) mass is 332 g/mol. The van der Waals surface area contributed by atoms with Crippen molar-refractivity contribution in [2.75, 3.05) is 6.54 Å². The van der Waals surface area contributed by atoms with E-state index in [4.69, 9.17) is 16.0 Å². The Balaban J connectivity index is 1.78. The minimum atomic E-state index is -1.37. The lowest BCUT2D eigenvalue weighted by Crippen LogP contribution is -2.22. The first-order valence-electron chi connectivity index (χ1n) is 7.01. The maximum Gasteiger partial charge on any atom is 0.195 e. The molecule has 0 fully saturated rings. The van der Waals surface area contributed by atoms with Crippen LogP contribution in [0.15, 0.2) is 50.7 Å². The lowest BCUT2D eigenvalue weighted by molar-refractivity contribution is 0.487. The van der Waals surface area contributed by atoms with E-state index in [1.807, 2.05) is 18.2 Å². The molecule has 1 unspecified atom stereocenters. The van der Waals surface area contributed by atoms with Gasteiger partial charge in [-0.25, -0.2) is 4.98 Å². The molecular weight excluding hydrogens is 320 g/mol. The van der Waals surface area contributed by atoms with Crippen LogP contribution in [0.1, 0.15) is 11.3 Å². The van der Waals surface area contributed by atoms with Gasteiger partial charge in [0.15, 0.2) is 14.9 Å². The van der Waals surface area contributed by atoms with Crippen molar-refractivity contribution >= 4 is 33.7 Å². The number of fused-ring (bicyclic) bond motifs is 3. The fourth-order valence-corrected chi connectivity index (χ4v) is 4.16. The van der Waals surface area contributed by atoms with E-state index in [0.29, 0.717) is 9.79 Å². The van der Waals surface area contributed by atoms with Crippen molar-refractivity contribution in [1.82, 2.24) is 10.3 Å². The Morgan fingerprint density at radius 3 is 3.09 bits per heavy atom. The Hall–Kier alpha value is -1.53. The van der Waals surface area contributed by atoms with Crippen molar-refractivity contribution in [2.24, 2.45) is 0 Å². The van der Waals surface area contributed by atoms with Crippen molar-refractivity contribution in [3.63, 3.8) is 0 Å². The molecule has 4 nitrogen and oxygen atoms in total. The second-order valence-electron chi connectivity index (χ2n) is 5.15. The van der Waals surface area contributed by atoms with Gasteiger partial charge in [-0.05, 0) is 37.2 Å². The van der Waals surface area contributed by atoms with Crippen LogP contribution in [0.2, 0.25) is 5.15 Å². The molecule has 1 atom stereocenters. The Kier molecular flexibility index (Phi) is 3.58. The van der Waals surface area contributed by atoms with Gasteiger partial charge in [0.25, 0.3) is 0 Å². The zero-order valence-electron chi connectivity index (χ0n) is 11.6. The third-order valence-corrected chi connectivity index (χ3v) is 5.65. The lowest BCUT2D eigenvalue weighted by atomic mass is 10.1. The number of halogens is 1. The molecule has 112 valence electrons. The van der Waals surface area contributed by atoms with Crippen molar-refractivity contribution < 1.29 is 8.97 Å². The van der Waals surface area contributed by atoms with Crippen LogP contribution in [0.4, 0.5) is 0 Å². The minimum absolute atomic E-state index is 0.267. The highest BCUT2D eigenvalue weighted by Gasteiger charge is 2.22. The van der Waals surface area contributed by atoms with Gasteiger partial charge in [-0.1, -0.05) is 11.6 Å². The second-order valence-corrected chi connectivity index (χ2v) is 6.96. The minimum Gasteiger partial charge on any atom is -0.606 e. The van der Waals surface area contributed by atoms with Crippen molar-refractivity contribution in [2.45, 2.75) is 22.8 Å². The lowest BCUT2D eigenvalue weighted by Gasteiger charge is -2.11. The van der Waals surface area contributed by atoms with Gasteiger partial charge in [0.05, 0.1) is 6.54 Å². The number of hydrogen-bond acceptors (Lipinski definition) is 4. The van der Waals surface area contributed by atoms with E-state index in [0.717, 1.165) is 36.2 Å². The predicted molar refractivity (Wildman–Crippen MR) is 85.5 cm³/mol. The van der Waals surface area contributed by atoms with Crippen molar-refractivity contribution in [1.29, 1.82) is 0 Å². The van der Waals surface area contributed by atoms with E-state index in [9.17, 15) is 4.55 Å². The van der Waals surface area contributed by atoms with Gasteiger partial charge in [-0.3, -0.25) is 0 Å². The Morgan fingerprint density at radius 1 is 1.32 bits per heavy atom. The smallest absolute Gasteiger partial charge is 0.195 e. The molecule has 0 saturated carbocycles. The van der Waals surface area contributed by atoms with Crippen LogP contribution in [0.3, 0.4) is 0 Å². The normalized spacial score (nSPS) is 15.7. The van der Waals surface area contributed by atoms with Gasteiger partial charge < -0.3 is 14.3 Å². The molecule has 22 heavy (non-hydrogen) atoms. The average Bonchev–Trinajstić information content (AvgIpc) is 2.92. The van der Waals surface area contributed by atoms with Crippen LogP contribution in [-0.4, -0.2) is 16.1 Å². The average molecular weight is 333 g/mol. The largest absolute Gasteiger partial charge is 0.606 e. The first-order valence-corrected chi connectivity index (χ1v) is 8.54. The second kappa shape index (κ2) is 5.59. The third kappa shape index (κ3) is 2.30. The van der Waals surface area contributed by atoms with Gasteiger partial charge in [-0.15, -0.1) is 0 Å². The summed E-state index contributed by atoms with van der Waals surface area (Å²) in [5, 5.41) is 4.67. The number of pyridine rings is 1. The molecule has 1 aliphatic heterocycles. The van der Waals surface area contributed by atoms with Crippen LogP contribution in [-0.2, 0) is 24.1 Å². The van der Waals surface area contributed by atoms with E-state index < -0.39 is 11.2 Å². The summed E-state index contributed by atoms with van der Waals surface area (Å²) in [6.45, 7) is 1.71. The number of nitrogens with one attached hydrogen (secondary N) is 1. The molecule has 3 heterocycles. The highest BCUT2D eigenvalue weighted by atomic mass is 35.5. The number of benzene rings is 1. The molecule has 0 bridgehead atoms. The Morgan fingerprint density at radius 2 is 2.23 bits per heavy atom. The summed E-state index contributed by atoms with van der Waals surface area (Å²) >= 11 is 4.66. The van der Waals surface area contributed by atoms with Crippen LogP contribution in [0.25, 0.3) is 11.0 Å². The molecule has 0 saturated heterocycles. The maximum absolute atomic E-state index is 12.7. The summed E-state index contributed by atoms with van der Waals surface area (Å²) in [5.41, 5.74) is 2.03. The first kappa shape index (κ1) is 14.1. The van der Waals surface area contributed by atoms with Gasteiger partial charge in [0.1, 0.15) is 11.3 Å². The summed E-state index contributed by atoms with van der Waals surface area (Å²) in [6, 6.07) is 9.16. The molecule has 2 aromatic heterocycles. The number of nitrogens with zero attached hydrogens (tertiary/aromatic N) is 1. The molecule has 1 N–H and O–H groups in total. The van der Waals surface area contributed by atoms with E-state index >= 15 is 0 Å². The summed E-state index contributed by atoms with van der Waals surface area (Å²) in [5.74, 6) is 0.976. The van der Waals surface area contributed by atoms with Crippen LogP contribution >= 0.6 is 11.6 Å². The fourth-order valence-electron chi connectivity index (χ4n) is 2.76. The highest BCUT2D eigenvalue weighted by molar-refractivity contribution is 7.91. The van der Waals surface area contributed by atoms with Gasteiger partial charge in [0.2, 0.25) is 0 Å². The van der Waals surface area contributed by atoms with Crippen LogP contribution < -0.4 is 5.32 Å².